The van der Waals surface area contributed by atoms with Crippen molar-refractivity contribution in [2.24, 2.45) is 9.98 Å². The van der Waals surface area contributed by atoms with E-state index in [9.17, 15) is 0 Å². The summed E-state index contributed by atoms with van der Waals surface area (Å²) in [6, 6.07) is 0.0770. The average molecular weight is 296 g/mol. The van der Waals surface area contributed by atoms with Gasteiger partial charge in [-0.1, -0.05) is 23.2 Å². The van der Waals surface area contributed by atoms with E-state index in [2.05, 4.69) is 21.8 Å². The molecule has 17 heavy (non-hydrogen) atoms. The molecule has 0 radical (unpaired) electrons. The smallest absolute Gasteiger partial charge is 0.189 e. The molecule has 96 valence electrons. The van der Waals surface area contributed by atoms with Crippen LogP contribution in [0.1, 0.15) is 6.92 Å². The Bertz CT molecular complexity index is 330. The molecule has 0 saturated carbocycles. The van der Waals surface area contributed by atoms with E-state index in [-0.39, 0.29) is 17.6 Å². The first-order valence-electron chi connectivity index (χ1n) is 5.46. The number of thioether (sulfide) groups is 1. The predicted octanol–water partition coefficient (Wildman–Crippen LogP) is 2.01. The molecule has 0 spiro atoms. The zero-order valence-electron chi connectivity index (χ0n) is 9.77. The molecule has 2 rings (SSSR count). The monoisotopic (exact) mass is 295 g/mol. The second-order valence-corrected chi connectivity index (χ2v) is 5.70. The molecule has 0 aromatic rings. The molecule has 2 aliphatic heterocycles. The van der Waals surface area contributed by atoms with Crippen molar-refractivity contribution in [3.8, 4) is 0 Å². The van der Waals surface area contributed by atoms with E-state index in [0.717, 1.165) is 6.54 Å². The third-order valence-corrected chi connectivity index (χ3v) is 4.12. The SMILES string of the molecule is CSC1N=C(Cl)C(N2CCOC[C@@H]2C)C(Cl)=N1. The van der Waals surface area contributed by atoms with Crippen LogP contribution in [0.5, 0.6) is 0 Å². The Labute approximate surface area is 115 Å². The van der Waals surface area contributed by atoms with Crippen molar-refractivity contribution in [1.29, 1.82) is 0 Å². The molecule has 7 heteroatoms. The molecule has 0 aliphatic carbocycles. The van der Waals surface area contributed by atoms with E-state index in [1.807, 2.05) is 6.26 Å². The van der Waals surface area contributed by atoms with Gasteiger partial charge >= 0.3 is 0 Å². The second kappa shape index (κ2) is 5.89. The maximum absolute atomic E-state index is 6.24. The fourth-order valence-corrected chi connectivity index (χ4v) is 3.23. The molecule has 2 aliphatic rings. The first-order valence-corrected chi connectivity index (χ1v) is 7.50. The summed E-state index contributed by atoms with van der Waals surface area (Å²) in [5.41, 5.74) is -0.206. The number of ether oxygens (including phenoxy) is 1. The van der Waals surface area contributed by atoms with Gasteiger partial charge in [0.15, 0.2) is 5.50 Å². The highest BCUT2D eigenvalue weighted by atomic mass is 35.5. The second-order valence-electron chi connectivity index (χ2n) is 4.03. The summed E-state index contributed by atoms with van der Waals surface area (Å²) in [7, 11) is 0. The van der Waals surface area contributed by atoms with Crippen molar-refractivity contribution in [3.05, 3.63) is 0 Å². The molecule has 0 bridgehead atoms. The van der Waals surface area contributed by atoms with Crippen molar-refractivity contribution < 1.29 is 4.74 Å². The summed E-state index contributed by atoms with van der Waals surface area (Å²) in [5.74, 6) is 0. The average Bonchev–Trinajstić information content (AvgIpc) is 2.30. The molecule has 1 saturated heterocycles. The van der Waals surface area contributed by atoms with E-state index in [4.69, 9.17) is 27.9 Å². The lowest BCUT2D eigenvalue weighted by atomic mass is 10.1. The van der Waals surface area contributed by atoms with Gasteiger partial charge in [0.1, 0.15) is 16.4 Å². The Kier molecular flexibility index (Phi) is 4.72. The normalized spacial score (nSPS) is 35.4. The summed E-state index contributed by atoms with van der Waals surface area (Å²) in [5, 5.41) is 1.05. The van der Waals surface area contributed by atoms with Crippen LogP contribution in [-0.2, 0) is 4.74 Å². The number of morpholine rings is 1. The number of rotatable bonds is 2. The van der Waals surface area contributed by atoms with Crippen LogP contribution in [0.2, 0.25) is 0 Å². The Balaban J connectivity index is 2.17. The van der Waals surface area contributed by atoms with Crippen molar-refractivity contribution in [2.45, 2.75) is 24.5 Å². The van der Waals surface area contributed by atoms with Gasteiger partial charge < -0.3 is 4.74 Å². The van der Waals surface area contributed by atoms with Crippen molar-refractivity contribution in [3.63, 3.8) is 0 Å². The van der Waals surface area contributed by atoms with Crippen molar-refractivity contribution >= 4 is 45.3 Å². The first kappa shape index (κ1) is 13.6. The van der Waals surface area contributed by atoms with E-state index in [1.165, 1.54) is 11.8 Å². The first-order chi connectivity index (χ1) is 8.13. The van der Waals surface area contributed by atoms with E-state index >= 15 is 0 Å². The van der Waals surface area contributed by atoms with Crippen LogP contribution in [0, 0.1) is 0 Å². The van der Waals surface area contributed by atoms with E-state index < -0.39 is 0 Å². The highest BCUT2D eigenvalue weighted by Crippen LogP contribution is 2.24. The third-order valence-electron chi connectivity index (χ3n) is 2.88. The fraction of sp³-hybridized carbons (Fsp3) is 0.800. The van der Waals surface area contributed by atoms with Gasteiger partial charge in [-0.2, -0.15) is 0 Å². The molecule has 1 fully saturated rings. The van der Waals surface area contributed by atoms with Gasteiger partial charge in [0.05, 0.1) is 13.2 Å². The topological polar surface area (TPSA) is 37.2 Å². The number of hydrogen-bond acceptors (Lipinski definition) is 5. The van der Waals surface area contributed by atoms with E-state index in [1.54, 1.807) is 0 Å². The maximum atomic E-state index is 6.24. The summed E-state index contributed by atoms with van der Waals surface area (Å²) < 4.78 is 5.40. The predicted molar refractivity (Wildman–Crippen MR) is 74.7 cm³/mol. The van der Waals surface area contributed by atoms with Crippen LogP contribution in [0.25, 0.3) is 0 Å². The summed E-state index contributed by atoms with van der Waals surface area (Å²) in [6.07, 6.45) is 1.93. The molecule has 4 nitrogen and oxygen atoms in total. The molecule has 2 heterocycles. The minimum Gasteiger partial charge on any atom is -0.379 e. The lowest BCUT2D eigenvalue weighted by Gasteiger charge is -2.39. The highest BCUT2D eigenvalue weighted by molar-refractivity contribution is 7.99. The van der Waals surface area contributed by atoms with Crippen LogP contribution in [0.4, 0.5) is 0 Å². The standard InChI is InChI=1S/C10H15Cl2N3OS/c1-6-5-16-4-3-15(6)7-8(11)13-10(17-2)14-9(7)12/h6-7,10H,3-5H2,1-2H3/t6-,7?,10?/m0/s1. The molecule has 0 amide bonds. The maximum Gasteiger partial charge on any atom is 0.189 e. The van der Waals surface area contributed by atoms with E-state index in [0.29, 0.717) is 23.6 Å². The van der Waals surface area contributed by atoms with Crippen LogP contribution in [-0.4, -0.2) is 58.8 Å². The molecular formula is C10H15Cl2N3OS. The lowest BCUT2D eigenvalue weighted by molar-refractivity contribution is 0.000342. The number of aliphatic imine (C=N–C) groups is 2. The van der Waals surface area contributed by atoms with Crippen LogP contribution in [0.3, 0.4) is 0 Å². The number of hydrogen-bond donors (Lipinski definition) is 0. The largest absolute Gasteiger partial charge is 0.379 e. The third kappa shape index (κ3) is 2.96. The van der Waals surface area contributed by atoms with Gasteiger partial charge in [-0.25, -0.2) is 9.98 Å². The number of nitrogens with zero attached hydrogens (tertiary/aromatic N) is 3. The lowest BCUT2D eigenvalue weighted by Crippen LogP contribution is -2.54. The van der Waals surface area contributed by atoms with Crippen molar-refractivity contribution in [1.82, 2.24) is 4.90 Å². The van der Waals surface area contributed by atoms with Crippen LogP contribution >= 0.6 is 35.0 Å². The fourth-order valence-electron chi connectivity index (χ4n) is 1.98. The van der Waals surface area contributed by atoms with Gasteiger partial charge in [-0.3, -0.25) is 4.90 Å². The van der Waals surface area contributed by atoms with Crippen molar-refractivity contribution in [2.75, 3.05) is 26.0 Å². The van der Waals surface area contributed by atoms with Crippen LogP contribution in [0.15, 0.2) is 9.98 Å². The van der Waals surface area contributed by atoms with Gasteiger partial charge in [0.2, 0.25) is 0 Å². The molecule has 0 N–H and O–H groups in total. The summed E-state index contributed by atoms with van der Waals surface area (Å²) >= 11 is 14.0. The minimum atomic E-state index is -0.206. The quantitative estimate of drug-likeness (QED) is 0.782. The Hall–Kier alpha value is 0.190. The molecule has 0 aromatic heterocycles. The zero-order chi connectivity index (χ0) is 12.4. The molecule has 0 aromatic carbocycles. The van der Waals surface area contributed by atoms with Crippen LogP contribution < -0.4 is 0 Å². The summed E-state index contributed by atoms with van der Waals surface area (Å²) in [4.78, 5) is 10.9. The highest BCUT2D eigenvalue weighted by Gasteiger charge is 2.35. The Morgan fingerprint density at radius 2 is 2.00 bits per heavy atom. The Morgan fingerprint density at radius 1 is 1.35 bits per heavy atom. The number of halogens is 2. The minimum absolute atomic E-state index is 0.194. The zero-order valence-corrected chi connectivity index (χ0v) is 12.1. The molecule has 0 unspecified atom stereocenters. The molecule has 1 atom stereocenters. The Morgan fingerprint density at radius 3 is 2.53 bits per heavy atom. The van der Waals surface area contributed by atoms with Gasteiger partial charge in [0.25, 0.3) is 0 Å². The van der Waals surface area contributed by atoms with Gasteiger partial charge in [-0.15, -0.1) is 11.8 Å². The summed E-state index contributed by atoms with van der Waals surface area (Å²) in [6.45, 7) is 4.28. The van der Waals surface area contributed by atoms with Gasteiger partial charge in [0, 0.05) is 12.6 Å². The van der Waals surface area contributed by atoms with Gasteiger partial charge in [-0.05, 0) is 13.2 Å². The molecular weight excluding hydrogens is 281 g/mol.